The summed E-state index contributed by atoms with van der Waals surface area (Å²) in [6, 6.07) is 47.5. The Morgan fingerprint density at radius 2 is 1.06 bits per heavy atom. The minimum atomic E-state index is -0.378. The molecule has 0 bridgehead atoms. The van der Waals surface area contributed by atoms with Gasteiger partial charge in [-0.1, -0.05) is 127 Å². The van der Waals surface area contributed by atoms with Crippen molar-refractivity contribution in [3.8, 4) is 33.4 Å². The van der Waals surface area contributed by atoms with Crippen LogP contribution < -0.4 is 0 Å². The Hall–Kier alpha value is -4.42. The van der Waals surface area contributed by atoms with Crippen LogP contribution in [0.1, 0.15) is 27.8 Å². The van der Waals surface area contributed by atoms with Crippen molar-refractivity contribution in [2.75, 3.05) is 0 Å². The van der Waals surface area contributed by atoms with Crippen LogP contribution in [0.15, 0.2) is 127 Å². The highest BCUT2D eigenvalue weighted by Crippen LogP contribution is 2.61. The second kappa shape index (κ2) is 7.06. The van der Waals surface area contributed by atoms with Gasteiger partial charge >= 0.3 is 0 Å². The van der Waals surface area contributed by atoms with E-state index in [1.807, 2.05) is 0 Å². The Kier molecular flexibility index (Phi) is 3.89. The van der Waals surface area contributed by atoms with E-state index in [4.69, 9.17) is 0 Å². The zero-order valence-electron chi connectivity index (χ0n) is 20.1. The number of aryl methyl sites for hydroxylation is 1. The van der Waals surface area contributed by atoms with Gasteiger partial charge in [-0.25, -0.2) is 0 Å². The molecular formula is C36H24. The molecule has 2 aliphatic carbocycles. The molecule has 0 unspecified atom stereocenters. The monoisotopic (exact) mass is 456 g/mol. The van der Waals surface area contributed by atoms with E-state index in [0.717, 1.165) is 0 Å². The van der Waals surface area contributed by atoms with Gasteiger partial charge in [-0.3, -0.25) is 0 Å². The molecule has 0 aliphatic heterocycles. The molecule has 36 heavy (non-hydrogen) atoms. The van der Waals surface area contributed by atoms with E-state index in [0.29, 0.717) is 0 Å². The van der Waals surface area contributed by atoms with Crippen LogP contribution in [0.2, 0.25) is 0 Å². The van der Waals surface area contributed by atoms with Crippen LogP contribution in [-0.4, -0.2) is 0 Å². The van der Waals surface area contributed by atoms with Gasteiger partial charge in [0.1, 0.15) is 0 Å². The van der Waals surface area contributed by atoms with E-state index >= 15 is 0 Å². The maximum atomic E-state index is 2.52. The average Bonchev–Trinajstić information content (AvgIpc) is 3.42. The van der Waals surface area contributed by atoms with Gasteiger partial charge in [0.25, 0.3) is 0 Å². The van der Waals surface area contributed by atoms with Crippen molar-refractivity contribution in [1.29, 1.82) is 0 Å². The zero-order chi connectivity index (χ0) is 23.9. The molecule has 6 aromatic rings. The second-order valence-corrected chi connectivity index (χ2v) is 10.2. The summed E-state index contributed by atoms with van der Waals surface area (Å²) in [5.41, 5.74) is 14.4. The van der Waals surface area contributed by atoms with Crippen molar-refractivity contribution in [3.63, 3.8) is 0 Å². The lowest BCUT2D eigenvalue weighted by Gasteiger charge is -2.34. The Morgan fingerprint density at radius 1 is 0.444 bits per heavy atom. The first-order chi connectivity index (χ1) is 17.8. The first kappa shape index (κ1) is 19.8. The predicted molar refractivity (Wildman–Crippen MR) is 150 cm³/mol. The van der Waals surface area contributed by atoms with E-state index in [9.17, 15) is 0 Å². The van der Waals surface area contributed by atoms with Crippen molar-refractivity contribution < 1.29 is 0 Å². The third-order valence-corrected chi connectivity index (χ3v) is 8.33. The number of rotatable bonds is 2. The average molecular weight is 457 g/mol. The lowest BCUT2D eigenvalue weighted by Crippen LogP contribution is -2.28. The molecular weight excluding hydrogens is 432 g/mol. The van der Waals surface area contributed by atoms with Crippen LogP contribution in [0.25, 0.3) is 44.2 Å². The Bertz CT molecular complexity index is 1780. The van der Waals surface area contributed by atoms with Crippen molar-refractivity contribution in [2.45, 2.75) is 12.3 Å². The van der Waals surface area contributed by atoms with E-state index in [-0.39, 0.29) is 5.41 Å². The summed E-state index contributed by atoms with van der Waals surface area (Å²) < 4.78 is 0. The lowest BCUT2D eigenvalue weighted by atomic mass is 9.67. The summed E-state index contributed by atoms with van der Waals surface area (Å²) in [5, 5.41) is 2.75. The van der Waals surface area contributed by atoms with E-state index < -0.39 is 0 Å². The summed E-state index contributed by atoms with van der Waals surface area (Å²) in [7, 11) is 0. The van der Waals surface area contributed by atoms with Gasteiger partial charge < -0.3 is 0 Å². The molecule has 8 rings (SSSR count). The van der Waals surface area contributed by atoms with Crippen LogP contribution in [-0.2, 0) is 5.41 Å². The molecule has 0 amide bonds. The number of benzene rings is 6. The highest BCUT2D eigenvalue weighted by Gasteiger charge is 2.47. The minimum Gasteiger partial charge on any atom is -0.0622 e. The lowest BCUT2D eigenvalue weighted by molar-refractivity contribution is 0.768. The Balaban J connectivity index is 1.63. The van der Waals surface area contributed by atoms with Crippen LogP contribution in [0.5, 0.6) is 0 Å². The van der Waals surface area contributed by atoms with Crippen LogP contribution >= 0.6 is 0 Å². The first-order valence-electron chi connectivity index (χ1n) is 12.7. The van der Waals surface area contributed by atoms with Gasteiger partial charge in [-0.05, 0) is 79.4 Å². The molecule has 0 saturated heterocycles. The molecule has 2 aliphatic rings. The Morgan fingerprint density at radius 3 is 1.75 bits per heavy atom. The van der Waals surface area contributed by atoms with Gasteiger partial charge in [0.05, 0.1) is 5.41 Å². The van der Waals surface area contributed by atoms with Gasteiger partial charge in [-0.2, -0.15) is 0 Å². The van der Waals surface area contributed by atoms with Gasteiger partial charge in [0.15, 0.2) is 0 Å². The van der Waals surface area contributed by atoms with Crippen molar-refractivity contribution in [3.05, 3.63) is 155 Å². The molecule has 0 atom stereocenters. The van der Waals surface area contributed by atoms with Crippen molar-refractivity contribution >= 4 is 10.8 Å². The maximum Gasteiger partial charge on any atom is 0.0714 e. The quantitative estimate of drug-likeness (QED) is 0.243. The predicted octanol–water partition coefficient (Wildman–Crippen LogP) is 9.16. The highest BCUT2D eigenvalue weighted by atomic mass is 14.5. The fourth-order valence-electron chi connectivity index (χ4n) is 6.96. The van der Waals surface area contributed by atoms with Gasteiger partial charge in [0, 0.05) is 0 Å². The smallest absolute Gasteiger partial charge is 0.0622 e. The van der Waals surface area contributed by atoms with E-state index in [2.05, 4.69) is 134 Å². The molecule has 0 N–H and O–H groups in total. The standard InChI is InChI=1S/C36H24/c1-23-19-20-29-32(21-23)36(24-11-4-2-5-12-24,25-13-6-3-7-14-25)33-22-31-27-16-9-8-15-26(27)28-17-10-18-30(34(28)31)35(29)33/h2-22H,1H3. The van der Waals surface area contributed by atoms with Crippen molar-refractivity contribution in [1.82, 2.24) is 0 Å². The third-order valence-electron chi connectivity index (χ3n) is 8.33. The number of hydrogen-bond acceptors (Lipinski definition) is 0. The topological polar surface area (TPSA) is 0 Å². The maximum absolute atomic E-state index is 2.52. The minimum absolute atomic E-state index is 0.378. The largest absolute Gasteiger partial charge is 0.0714 e. The molecule has 0 saturated carbocycles. The fourth-order valence-corrected chi connectivity index (χ4v) is 6.96. The second-order valence-electron chi connectivity index (χ2n) is 10.2. The molecule has 6 aromatic carbocycles. The van der Waals surface area contributed by atoms with E-state index in [1.54, 1.807) is 0 Å². The van der Waals surface area contributed by atoms with Crippen LogP contribution in [0.4, 0.5) is 0 Å². The Labute approximate surface area is 211 Å². The summed E-state index contributed by atoms with van der Waals surface area (Å²) in [4.78, 5) is 0. The molecule has 0 heteroatoms. The molecule has 0 fully saturated rings. The SMILES string of the molecule is Cc1ccc2c(c1)C(c1ccccc1)(c1ccccc1)c1cc3c4c(cccc4c1-2)-c1ccccc1-3. The summed E-state index contributed by atoms with van der Waals surface area (Å²) in [5.74, 6) is 0. The normalized spacial score (nSPS) is 13.9. The summed E-state index contributed by atoms with van der Waals surface area (Å²) >= 11 is 0. The number of hydrogen-bond donors (Lipinski definition) is 0. The molecule has 0 aromatic heterocycles. The van der Waals surface area contributed by atoms with Crippen LogP contribution in [0, 0.1) is 6.92 Å². The highest BCUT2D eigenvalue weighted by molar-refractivity contribution is 6.20. The fraction of sp³-hybridized carbons (Fsp3) is 0.0556. The molecule has 168 valence electrons. The molecule has 0 heterocycles. The summed E-state index contributed by atoms with van der Waals surface area (Å²) in [6.45, 7) is 2.21. The van der Waals surface area contributed by atoms with Gasteiger partial charge in [0.2, 0.25) is 0 Å². The summed E-state index contributed by atoms with van der Waals surface area (Å²) in [6.07, 6.45) is 0. The molecule has 0 radical (unpaired) electrons. The van der Waals surface area contributed by atoms with E-state index in [1.165, 1.54) is 72.0 Å². The molecule has 0 nitrogen and oxygen atoms in total. The third kappa shape index (κ3) is 2.34. The van der Waals surface area contributed by atoms with Gasteiger partial charge in [-0.15, -0.1) is 0 Å². The van der Waals surface area contributed by atoms with Crippen molar-refractivity contribution in [2.24, 2.45) is 0 Å². The number of fused-ring (bicyclic) bond motifs is 7. The zero-order valence-corrected chi connectivity index (χ0v) is 20.1. The molecule has 0 spiro atoms. The first-order valence-corrected chi connectivity index (χ1v) is 12.7. The van der Waals surface area contributed by atoms with Crippen LogP contribution in [0.3, 0.4) is 0 Å².